The van der Waals surface area contributed by atoms with E-state index in [1.807, 2.05) is 35.5 Å². The Labute approximate surface area is 242 Å². The third-order valence-electron chi connectivity index (χ3n) is 6.95. The highest BCUT2D eigenvalue weighted by Crippen LogP contribution is 2.39. The van der Waals surface area contributed by atoms with Crippen LogP contribution >= 0.6 is 8.17 Å². The van der Waals surface area contributed by atoms with Gasteiger partial charge in [-0.15, -0.1) is 4.15 Å². The minimum Gasteiger partial charge on any atom is -0.377 e. The van der Waals surface area contributed by atoms with Crippen molar-refractivity contribution in [2.45, 2.75) is 161 Å². The Morgan fingerprint density at radius 1 is 0.821 bits per heavy atom. The number of nitrogens with zero attached hydrogens (tertiary/aromatic N) is 1. The fourth-order valence-electron chi connectivity index (χ4n) is 4.83. The van der Waals surface area contributed by atoms with E-state index in [4.69, 9.17) is 23.3 Å². The Balaban J connectivity index is 2.46. The van der Waals surface area contributed by atoms with Crippen molar-refractivity contribution < 1.29 is 31.7 Å². The maximum absolute atomic E-state index is 12.8. The van der Waals surface area contributed by atoms with Crippen molar-refractivity contribution >= 4 is 26.0 Å². The minimum absolute atomic E-state index is 0.0230. The second-order valence-electron chi connectivity index (χ2n) is 11.5. The van der Waals surface area contributed by atoms with Crippen LogP contribution in [0.25, 0.3) is 0 Å². The molecule has 0 aromatic carbocycles. The second-order valence-corrected chi connectivity index (χ2v) is 14.8. The molecule has 0 radical (unpaired) electrons. The number of ether oxygens (including phenoxy) is 3. The molecule has 0 spiro atoms. The first kappa shape index (κ1) is 37.1. The molecule has 1 heterocycles. The van der Waals surface area contributed by atoms with Gasteiger partial charge in [-0.05, 0) is 34.1 Å². The molecular weight excluding hydrogens is 536 g/mol. The number of unbranched alkanes of at least 4 members (excludes halogenated alkanes) is 13. The Morgan fingerprint density at radius 3 is 1.79 bits per heavy atom. The average Bonchev–Trinajstić information content (AvgIpc) is 3.15. The zero-order valence-corrected chi connectivity index (χ0v) is 27.8. The SMILES string of the molecule is B[C@@H]1O[C@H](COC(C)C)C(O/[PH](=N\S(=O)(=O)CCCCCCCCCCCCCCCC)OC(C)C)[C@@H]1OC. The predicted molar refractivity (Wildman–Crippen MR) is 165 cm³/mol. The third kappa shape index (κ3) is 17.6. The molecule has 1 rings (SSSR count). The van der Waals surface area contributed by atoms with Gasteiger partial charge >= 0.3 is 0 Å². The van der Waals surface area contributed by atoms with Crippen molar-refractivity contribution in [3.8, 4) is 0 Å². The maximum Gasteiger partial charge on any atom is 0.255 e. The summed E-state index contributed by atoms with van der Waals surface area (Å²) in [7, 11) is -2.61. The summed E-state index contributed by atoms with van der Waals surface area (Å²) >= 11 is 0. The molecule has 5 atom stereocenters. The van der Waals surface area contributed by atoms with Crippen LogP contribution in [0.4, 0.5) is 0 Å². The fourth-order valence-corrected chi connectivity index (χ4v) is 7.99. The standard InChI is InChI=1S/C28H59BNO7PS/c1-7-8-9-10-11-12-13-14-15-16-17-18-19-20-21-39(31,32)30-38(36-24(4)5)37-26-25(22-34-23(2)3)35-28(29)27(26)33-6/h23-28,38H,7-22,29H2,1-6H3/t25-,26?,27+,28-/m1/s1. The smallest absolute Gasteiger partial charge is 0.255 e. The van der Waals surface area contributed by atoms with Crippen LogP contribution in [0.1, 0.15) is 125 Å². The predicted octanol–water partition coefficient (Wildman–Crippen LogP) is 6.63. The summed E-state index contributed by atoms with van der Waals surface area (Å²) in [5, 5.41) is 0. The summed E-state index contributed by atoms with van der Waals surface area (Å²) in [6.45, 7) is 10.2. The van der Waals surface area contributed by atoms with Crippen molar-refractivity contribution in [2.24, 2.45) is 4.15 Å². The molecule has 11 heteroatoms. The Bertz CT molecular complexity index is 754. The van der Waals surface area contributed by atoms with Crippen LogP contribution in [-0.4, -0.2) is 72.3 Å². The molecule has 1 aliphatic rings. The van der Waals surface area contributed by atoms with Crippen molar-refractivity contribution in [3.63, 3.8) is 0 Å². The lowest BCUT2D eigenvalue weighted by atomic mass is 9.93. The Morgan fingerprint density at radius 2 is 1.33 bits per heavy atom. The van der Waals surface area contributed by atoms with Gasteiger partial charge in [0.15, 0.2) is 0 Å². The molecule has 1 aliphatic heterocycles. The number of hydrogen-bond donors (Lipinski definition) is 0. The average molecular weight is 596 g/mol. The van der Waals surface area contributed by atoms with Gasteiger partial charge in [-0.2, -0.15) is 0 Å². The summed E-state index contributed by atoms with van der Waals surface area (Å²) in [6.07, 6.45) is 15.7. The van der Waals surface area contributed by atoms with Crippen LogP contribution in [0, 0.1) is 0 Å². The first-order chi connectivity index (χ1) is 18.6. The van der Waals surface area contributed by atoms with E-state index in [9.17, 15) is 8.42 Å². The number of sulfonamides is 1. The topological polar surface area (TPSA) is 92.7 Å². The van der Waals surface area contributed by atoms with Crippen LogP contribution in [0.15, 0.2) is 4.15 Å². The van der Waals surface area contributed by atoms with Gasteiger partial charge < -0.3 is 23.3 Å². The molecule has 39 heavy (non-hydrogen) atoms. The first-order valence-electron chi connectivity index (χ1n) is 15.5. The summed E-state index contributed by atoms with van der Waals surface area (Å²) in [4.78, 5) is 0. The molecule has 0 aliphatic carbocycles. The highest BCUT2D eigenvalue weighted by Gasteiger charge is 2.44. The van der Waals surface area contributed by atoms with Gasteiger partial charge in [0.25, 0.3) is 10.0 Å². The molecule has 0 aromatic rings. The third-order valence-corrected chi connectivity index (χ3v) is 10.6. The van der Waals surface area contributed by atoms with Gasteiger partial charge in [0.05, 0.1) is 30.6 Å². The summed E-state index contributed by atoms with van der Waals surface area (Å²) in [5.74, 6) is 0.0230. The fraction of sp³-hybridized carbons (Fsp3) is 1.00. The van der Waals surface area contributed by atoms with E-state index in [-0.39, 0.29) is 36.2 Å². The lowest BCUT2D eigenvalue weighted by Crippen LogP contribution is -2.37. The van der Waals surface area contributed by atoms with E-state index < -0.39 is 24.3 Å². The van der Waals surface area contributed by atoms with Crippen LogP contribution in [-0.2, 0) is 33.3 Å². The molecule has 0 amide bonds. The van der Waals surface area contributed by atoms with Crippen LogP contribution in [0.5, 0.6) is 0 Å². The van der Waals surface area contributed by atoms with E-state index in [2.05, 4.69) is 11.1 Å². The highest BCUT2D eigenvalue weighted by molar-refractivity contribution is 7.92. The molecule has 8 nitrogen and oxygen atoms in total. The molecule has 0 bridgehead atoms. The Kier molecular flexibility index (Phi) is 20.6. The van der Waals surface area contributed by atoms with Crippen molar-refractivity contribution in [1.29, 1.82) is 0 Å². The number of hydrogen-bond acceptors (Lipinski definition) is 7. The van der Waals surface area contributed by atoms with Crippen molar-refractivity contribution in [3.05, 3.63) is 0 Å². The second kappa shape index (κ2) is 21.7. The molecule has 0 aromatic heterocycles. The molecule has 1 fully saturated rings. The first-order valence-corrected chi connectivity index (χ1v) is 18.4. The Hall–Kier alpha value is 0.0449. The van der Waals surface area contributed by atoms with Crippen LogP contribution in [0.2, 0.25) is 0 Å². The lowest BCUT2D eigenvalue weighted by Gasteiger charge is -2.25. The van der Waals surface area contributed by atoms with Crippen molar-refractivity contribution in [1.82, 2.24) is 0 Å². The van der Waals surface area contributed by atoms with Crippen molar-refractivity contribution in [2.75, 3.05) is 19.5 Å². The summed E-state index contributed by atoms with van der Waals surface area (Å²) < 4.78 is 59.3. The number of methoxy groups -OCH3 is 1. The van der Waals surface area contributed by atoms with Gasteiger partial charge in [-0.1, -0.05) is 90.4 Å². The highest BCUT2D eigenvalue weighted by atomic mass is 32.2. The van der Waals surface area contributed by atoms with E-state index in [0.29, 0.717) is 13.0 Å². The van der Waals surface area contributed by atoms with Gasteiger partial charge in [0.1, 0.15) is 26.2 Å². The monoisotopic (exact) mass is 595 g/mol. The number of rotatable bonds is 24. The van der Waals surface area contributed by atoms with E-state index in [1.54, 1.807) is 7.11 Å². The quantitative estimate of drug-likeness (QED) is 0.0702. The van der Waals surface area contributed by atoms with E-state index in [1.165, 1.54) is 70.6 Å². The summed E-state index contributed by atoms with van der Waals surface area (Å²) in [5.41, 5.74) is 0. The zero-order chi connectivity index (χ0) is 29.1. The van der Waals surface area contributed by atoms with Gasteiger partial charge in [0, 0.05) is 7.11 Å². The molecule has 1 saturated heterocycles. The largest absolute Gasteiger partial charge is 0.377 e. The zero-order valence-electron chi connectivity index (χ0n) is 26.0. The van der Waals surface area contributed by atoms with E-state index >= 15 is 0 Å². The normalized spacial score (nSPS) is 22.9. The van der Waals surface area contributed by atoms with Gasteiger partial charge in [0.2, 0.25) is 8.17 Å². The van der Waals surface area contributed by atoms with Gasteiger partial charge in [-0.3, -0.25) is 0 Å². The van der Waals surface area contributed by atoms with E-state index in [0.717, 1.165) is 12.8 Å². The lowest BCUT2D eigenvalue weighted by molar-refractivity contribution is -0.0435. The van der Waals surface area contributed by atoms with Gasteiger partial charge in [-0.25, -0.2) is 8.42 Å². The maximum atomic E-state index is 12.8. The minimum atomic E-state index is -3.66. The molecule has 232 valence electrons. The molecule has 2 unspecified atom stereocenters. The molecule has 0 N–H and O–H groups in total. The summed E-state index contributed by atoms with van der Waals surface area (Å²) in [6, 6.07) is -0.213. The van der Waals surface area contributed by atoms with Crippen LogP contribution in [0.3, 0.4) is 0 Å². The molecular formula is C28H59BNO7PS. The van der Waals surface area contributed by atoms with Crippen LogP contribution < -0.4 is 0 Å². The molecule has 0 saturated carbocycles.